The standard InChI is InChI=1S/C23H17IN4O/c24-20-9-5-4-8-19(20)23(29)28-18-12-10-17(11-13-18)27-22-14-21(25-15-26-22)16-6-2-1-3-7-16/h1-15H,(H,28,29)(H,25,26,27). The van der Waals surface area contributed by atoms with Gasteiger partial charge < -0.3 is 10.6 Å². The predicted molar refractivity (Wildman–Crippen MR) is 124 cm³/mol. The summed E-state index contributed by atoms with van der Waals surface area (Å²) in [6.45, 7) is 0. The fourth-order valence-electron chi connectivity index (χ4n) is 2.82. The highest BCUT2D eigenvalue weighted by atomic mass is 127. The molecule has 142 valence electrons. The Kier molecular flexibility index (Phi) is 5.81. The molecular formula is C23H17IN4O. The van der Waals surface area contributed by atoms with Gasteiger partial charge in [-0.2, -0.15) is 0 Å². The Morgan fingerprint density at radius 3 is 2.24 bits per heavy atom. The van der Waals surface area contributed by atoms with Crippen LogP contribution in [0.15, 0.2) is 91.3 Å². The van der Waals surface area contributed by atoms with Crippen LogP contribution in [-0.4, -0.2) is 15.9 Å². The monoisotopic (exact) mass is 492 g/mol. The first-order chi connectivity index (χ1) is 14.2. The molecule has 0 saturated carbocycles. The summed E-state index contributed by atoms with van der Waals surface area (Å²) in [6, 6.07) is 26.9. The lowest BCUT2D eigenvalue weighted by Gasteiger charge is -2.10. The molecule has 0 atom stereocenters. The SMILES string of the molecule is O=C(Nc1ccc(Nc2cc(-c3ccccc3)ncn2)cc1)c1ccccc1I. The Bertz CT molecular complexity index is 1130. The smallest absolute Gasteiger partial charge is 0.256 e. The lowest BCUT2D eigenvalue weighted by Crippen LogP contribution is -2.13. The number of anilines is 3. The van der Waals surface area contributed by atoms with Crippen molar-refractivity contribution in [1.82, 2.24) is 9.97 Å². The number of hydrogen-bond acceptors (Lipinski definition) is 4. The number of nitrogens with one attached hydrogen (secondary N) is 2. The third-order valence-electron chi connectivity index (χ3n) is 4.27. The quantitative estimate of drug-likeness (QED) is 0.349. The number of carbonyl (C=O) groups is 1. The fourth-order valence-corrected chi connectivity index (χ4v) is 3.45. The van der Waals surface area contributed by atoms with Gasteiger partial charge in [-0.15, -0.1) is 0 Å². The van der Waals surface area contributed by atoms with Crippen LogP contribution < -0.4 is 10.6 Å². The molecule has 1 amide bonds. The third-order valence-corrected chi connectivity index (χ3v) is 5.21. The Morgan fingerprint density at radius 1 is 0.793 bits per heavy atom. The summed E-state index contributed by atoms with van der Waals surface area (Å²) >= 11 is 2.16. The van der Waals surface area contributed by atoms with E-state index in [1.54, 1.807) is 6.33 Å². The van der Waals surface area contributed by atoms with Crippen LogP contribution in [0.4, 0.5) is 17.2 Å². The van der Waals surface area contributed by atoms with Gasteiger partial charge in [-0.05, 0) is 59.0 Å². The lowest BCUT2D eigenvalue weighted by atomic mass is 10.1. The van der Waals surface area contributed by atoms with Crippen LogP contribution in [0.1, 0.15) is 10.4 Å². The van der Waals surface area contributed by atoms with E-state index in [9.17, 15) is 4.79 Å². The van der Waals surface area contributed by atoms with E-state index in [4.69, 9.17) is 0 Å². The highest BCUT2D eigenvalue weighted by Crippen LogP contribution is 2.22. The molecule has 1 heterocycles. The molecule has 5 nitrogen and oxygen atoms in total. The van der Waals surface area contributed by atoms with Crippen molar-refractivity contribution in [2.24, 2.45) is 0 Å². The summed E-state index contributed by atoms with van der Waals surface area (Å²) in [5.41, 5.74) is 4.14. The second-order valence-electron chi connectivity index (χ2n) is 6.29. The Morgan fingerprint density at radius 2 is 1.48 bits per heavy atom. The largest absolute Gasteiger partial charge is 0.340 e. The first-order valence-corrected chi connectivity index (χ1v) is 10.1. The van der Waals surface area contributed by atoms with Gasteiger partial charge in [0, 0.05) is 26.6 Å². The summed E-state index contributed by atoms with van der Waals surface area (Å²) in [7, 11) is 0. The van der Waals surface area contributed by atoms with Crippen molar-refractivity contribution < 1.29 is 4.79 Å². The van der Waals surface area contributed by atoms with Gasteiger partial charge in [0.05, 0.1) is 11.3 Å². The van der Waals surface area contributed by atoms with Gasteiger partial charge in [0.25, 0.3) is 5.91 Å². The first kappa shape index (κ1) is 19.1. The Labute approximate surface area is 182 Å². The van der Waals surface area contributed by atoms with Gasteiger partial charge in [0.1, 0.15) is 12.1 Å². The minimum atomic E-state index is -0.126. The second kappa shape index (κ2) is 8.83. The van der Waals surface area contributed by atoms with Gasteiger partial charge >= 0.3 is 0 Å². The second-order valence-corrected chi connectivity index (χ2v) is 7.45. The molecule has 4 aromatic rings. The van der Waals surface area contributed by atoms with E-state index in [0.29, 0.717) is 11.4 Å². The van der Waals surface area contributed by atoms with Gasteiger partial charge in [0.15, 0.2) is 0 Å². The molecule has 0 aliphatic rings. The van der Waals surface area contributed by atoms with Crippen LogP contribution in [0.2, 0.25) is 0 Å². The Balaban J connectivity index is 1.45. The van der Waals surface area contributed by atoms with E-state index >= 15 is 0 Å². The van der Waals surface area contributed by atoms with Crippen LogP contribution >= 0.6 is 22.6 Å². The van der Waals surface area contributed by atoms with Crippen molar-refractivity contribution in [2.45, 2.75) is 0 Å². The molecule has 0 radical (unpaired) electrons. The maximum atomic E-state index is 12.4. The zero-order valence-corrected chi connectivity index (χ0v) is 17.5. The van der Waals surface area contributed by atoms with E-state index in [0.717, 1.165) is 26.2 Å². The lowest BCUT2D eigenvalue weighted by molar-refractivity contribution is 0.102. The zero-order valence-electron chi connectivity index (χ0n) is 15.3. The summed E-state index contributed by atoms with van der Waals surface area (Å²) in [5.74, 6) is 0.577. The molecule has 0 aliphatic carbocycles. The molecule has 4 rings (SSSR count). The number of hydrogen-bond donors (Lipinski definition) is 2. The number of aromatic nitrogens is 2. The normalized spacial score (nSPS) is 10.4. The van der Waals surface area contributed by atoms with Crippen molar-refractivity contribution >= 4 is 45.7 Å². The minimum Gasteiger partial charge on any atom is -0.340 e. The van der Waals surface area contributed by atoms with Crippen molar-refractivity contribution in [3.05, 3.63) is 100 Å². The van der Waals surface area contributed by atoms with Crippen molar-refractivity contribution in [3.63, 3.8) is 0 Å². The summed E-state index contributed by atoms with van der Waals surface area (Å²) in [5, 5.41) is 6.19. The number of amides is 1. The highest BCUT2D eigenvalue weighted by molar-refractivity contribution is 14.1. The van der Waals surface area contributed by atoms with Crippen LogP contribution in [-0.2, 0) is 0 Å². The molecule has 1 aromatic heterocycles. The number of halogens is 1. The van der Waals surface area contributed by atoms with Crippen LogP contribution in [0.5, 0.6) is 0 Å². The number of nitrogens with zero attached hydrogens (tertiary/aromatic N) is 2. The summed E-state index contributed by atoms with van der Waals surface area (Å²) in [4.78, 5) is 21.1. The van der Waals surface area contributed by atoms with Crippen LogP contribution in [0.3, 0.4) is 0 Å². The molecule has 3 aromatic carbocycles. The molecule has 0 saturated heterocycles. The van der Waals surface area contributed by atoms with E-state index < -0.39 is 0 Å². The van der Waals surface area contributed by atoms with Crippen molar-refractivity contribution in [2.75, 3.05) is 10.6 Å². The maximum absolute atomic E-state index is 12.4. The Hall–Kier alpha value is -3.26. The molecule has 29 heavy (non-hydrogen) atoms. The molecule has 0 fully saturated rings. The van der Waals surface area contributed by atoms with E-state index in [-0.39, 0.29) is 5.91 Å². The maximum Gasteiger partial charge on any atom is 0.256 e. The third kappa shape index (κ3) is 4.78. The topological polar surface area (TPSA) is 66.9 Å². The first-order valence-electron chi connectivity index (χ1n) is 8.99. The number of benzene rings is 3. The van der Waals surface area contributed by atoms with E-state index in [1.165, 1.54) is 0 Å². The van der Waals surface area contributed by atoms with E-state index in [1.807, 2.05) is 84.9 Å². The fraction of sp³-hybridized carbons (Fsp3) is 0. The van der Waals surface area contributed by atoms with Crippen LogP contribution in [0.25, 0.3) is 11.3 Å². The minimum absolute atomic E-state index is 0.126. The molecule has 0 bridgehead atoms. The van der Waals surface area contributed by atoms with Crippen molar-refractivity contribution in [1.29, 1.82) is 0 Å². The van der Waals surface area contributed by atoms with E-state index in [2.05, 4.69) is 43.2 Å². The number of carbonyl (C=O) groups excluding carboxylic acids is 1. The molecule has 0 aliphatic heterocycles. The van der Waals surface area contributed by atoms with Crippen molar-refractivity contribution in [3.8, 4) is 11.3 Å². The predicted octanol–water partition coefficient (Wildman–Crippen LogP) is 5.74. The average Bonchev–Trinajstić information content (AvgIpc) is 2.76. The van der Waals surface area contributed by atoms with Gasteiger partial charge in [0.2, 0.25) is 0 Å². The molecule has 0 unspecified atom stereocenters. The van der Waals surface area contributed by atoms with Gasteiger partial charge in [-0.25, -0.2) is 9.97 Å². The molecular weight excluding hydrogens is 475 g/mol. The zero-order chi connectivity index (χ0) is 20.1. The summed E-state index contributed by atoms with van der Waals surface area (Å²) in [6.07, 6.45) is 1.54. The molecule has 2 N–H and O–H groups in total. The van der Waals surface area contributed by atoms with Crippen LogP contribution in [0, 0.1) is 3.57 Å². The van der Waals surface area contributed by atoms with Gasteiger partial charge in [-0.3, -0.25) is 4.79 Å². The summed E-state index contributed by atoms with van der Waals surface area (Å²) < 4.78 is 0.916. The highest BCUT2D eigenvalue weighted by Gasteiger charge is 2.09. The average molecular weight is 492 g/mol. The molecule has 6 heteroatoms. The molecule has 0 spiro atoms. The number of rotatable bonds is 5. The van der Waals surface area contributed by atoms with Gasteiger partial charge in [-0.1, -0.05) is 42.5 Å².